The number of benzene rings is 2. The zero-order chi connectivity index (χ0) is 18.7. The highest BCUT2D eigenvalue weighted by Crippen LogP contribution is 2.25. The van der Waals surface area contributed by atoms with E-state index in [0.29, 0.717) is 15.7 Å². The van der Waals surface area contributed by atoms with E-state index in [4.69, 9.17) is 23.8 Å². The first-order chi connectivity index (χ1) is 12.4. The Balaban J connectivity index is 1.66. The second-order valence-electron chi connectivity index (χ2n) is 5.44. The zero-order valence-electron chi connectivity index (χ0n) is 13.5. The van der Waals surface area contributed by atoms with Crippen LogP contribution in [0.25, 0.3) is 11.3 Å². The van der Waals surface area contributed by atoms with Crippen molar-refractivity contribution in [3.05, 3.63) is 68.5 Å². The Morgan fingerprint density at radius 1 is 1.23 bits per heavy atom. The summed E-state index contributed by atoms with van der Waals surface area (Å²) in [5, 5.41) is 8.59. The van der Waals surface area contributed by atoms with Gasteiger partial charge >= 0.3 is 0 Å². The molecule has 0 saturated heterocycles. The minimum absolute atomic E-state index is 0.163. The molecule has 3 aromatic rings. The highest BCUT2D eigenvalue weighted by Gasteiger charge is 2.13. The molecule has 0 aliphatic heterocycles. The molecule has 1 heterocycles. The molecule has 0 atom stereocenters. The number of nitrogens with zero attached hydrogens (tertiary/aromatic N) is 1. The van der Waals surface area contributed by atoms with Gasteiger partial charge < -0.3 is 5.32 Å². The summed E-state index contributed by atoms with van der Waals surface area (Å²) >= 11 is 16.0. The number of hydrogen-bond donors (Lipinski definition) is 2. The van der Waals surface area contributed by atoms with E-state index in [9.17, 15) is 4.79 Å². The first-order valence-electron chi connectivity index (χ1n) is 7.52. The van der Waals surface area contributed by atoms with E-state index in [1.165, 1.54) is 16.9 Å². The van der Waals surface area contributed by atoms with Crippen molar-refractivity contribution in [2.75, 3.05) is 5.32 Å². The summed E-state index contributed by atoms with van der Waals surface area (Å²) in [6.45, 7) is 2.04. The number of amides is 1. The van der Waals surface area contributed by atoms with E-state index in [1.54, 1.807) is 18.2 Å². The fourth-order valence-corrected chi connectivity index (χ4v) is 3.70. The monoisotopic (exact) mass is 465 g/mol. The van der Waals surface area contributed by atoms with Crippen LogP contribution in [-0.2, 0) is 0 Å². The molecule has 2 aromatic carbocycles. The maximum Gasteiger partial charge on any atom is 0.258 e. The number of aryl methyl sites for hydroxylation is 1. The molecule has 2 N–H and O–H groups in total. The molecule has 0 unspecified atom stereocenters. The number of thiazole rings is 1. The summed E-state index contributed by atoms with van der Waals surface area (Å²) in [5.41, 5.74) is 3.40. The number of hydrogen-bond acceptors (Lipinski definition) is 4. The van der Waals surface area contributed by atoms with Crippen LogP contribution < -0.4 is 10.6 Å². The lowest BCUT2D eigenvalue weighted by molar-refractivity contribution is 0.0978. The third-order valence-electron chi connectivity index (χ3n) is 3.47. The van der Waals surface area contributed by atoms with Crippen LogP contribution in [0, 0.1) is 6.92 Å². The molecule has 0 fully saturated rings. The Hall–Kier alpha value is -1.80. The van der Waals surface area contributed by atoms with Gasteiger partial charge in [-0.1, -0.05) is 57.4 Å². The average molecular weight is 467 g/mol. The molecule has 0 radical (unpaired) electrons. The molecule has 26 heavy (non-hydrogen) atoms. The molecule has 8 heteroatoms. The Morgan fingerprint density at radius 2 is 1.96 bits per heavy atom. The Labute approximate surface area is 173 Å². The molecule has 0 aliphatic carbocycles. The zero-order valence-corrected chi connectivity index (χ0v) is 17.5. The summed E-state index contributed by atoms with van der Waals surface area (Å²) < 4.78 is 0.758. The lowest BCUT2D eigenvalue weighted by Crippen LogP contribution is -2.34. The number of nitrogens with one attached hydrogen (secondary N) is 2. The van der Waals surface area contributed by atoms with Crippen molar-refractivity contribution in [2.45, 2.75) is 6.92 Å². The molecule has 132 valence electrons. The normalized spacial score (nSPS) is 10.4. The third kappa shape index (κ3) is 4.67. The van der Waals surface area contributed by atoms with Crippen LogP contribution in [0.4, 0.5) is 5.13 Å². The number of thiocarbonyl (C=S) groups is 1. The Bertz CT molecular complexity index is 973. The predicted molar refractivity (Wildman–Crippen MR) is 115 cm³/mol. The van der Waals surface area contributed by atoms with Gasteiger partial charge in [-0.15, -0.1) is 11.3 Å². The Morgan fingerprint density at radius 3 is 2.69 bits per heavy atom. The van der Waals surface area contributed by atoms with Gasteiger partial charge in [0, 0.05) is 15.4 Å². The molecule has 4 nitrogen and oxygen atoms in total. The molecular formula is C18H13BrClN3OS2. The second-order valence-corrected chi connectivity index (χ2v) is 8.03. The second kappa shape index (κ2) is 8.26. The average Bonchev–Trinajstić information content (AvgIpc) is 3.05. The van der Waals surface area contributed by atoms with Crippen LogP contribution >= 0.6 is 51.1 Å². The topological polar surface area (TPSA) is 54.0 Å². The van der Waals surface area contributed by atoms with Gasteiger partial charge in [-0.05, 0) is 37.3 Å². The van der Waals surface area contributed by atoms with E-state index in [1.807, 2.05) is 36.6 Å². The number of rotatable bonds is 3. The van der Waals surface area contributed by atoms with E-state index in [2.05, 4.69) is 31.5 Å². The molecular weight excluding hydrogens is 454 g/mol. The maximum absolute atomic E-state index is 12.3. The van der Waals surface area contributed by atoms with Crippen molar-refractivity contribution >= 4 is 67.2 Å². The summed E-state index contributed by atoms with van der Waals surface area (Å²) in [6.07, 6.45) is 0. The standard InChI is InChI=1S/C18H13BrClN3OS2/c1-10-2-4-11(5-3-10)15-9-26-18(21-15)23-17(25)22-16(24)13-8-12(19)6-7-14(13)20/h2-9H,1H3,(H2,21,22,23,24,25). The number of aromatic nitrogens is 1. The van der Waals surface area contributed by atoms with Gasteiger partial charge in [0.2, 0.25) is 0 Å². The molecule has 0 bridgehead atoms. The summed E-state index contributed by atoms with van der Waals surface area (Å²) in [6, 6.07) is 13.2. The fourth-order valence-electron chi connectivity index (χ4n) is 2.16. The van der Waals surface area contributed by atoms with Crippen LogP contribution in [-0.4, -0.2) is 16.0 Å². The SMILES string of the molecule is Cc1ccc(-c2csc(NC(=S)NC(=O)c3cc(Br)ccc3Cl)n2)cc1. The third-order valence-corrected chi connectivity index (χ3v) is 5.26. The number of carbonyl (C=O) groups excluding carboxylic acids is 1. The smallest absolute Gasteiger partial charge is 0.258 e. The highest BCUT2D eigenvalue weighted by atomic mass is 79.9. The quantitative estimate of drug-likeness (QED) is 0.489. The number of anilines is 1. The fraction of sp³-hybridized carbons (Fsp3) is 0.0556. The maximum atomic E-state index is 12.3. The number of carbonyl (C=O) groups is 1. The van der Waals surface area contributed by atoms with Crippen LogP contribution in [0.3, 0.4) is 0 Å². The van der Waals surface area contributed by atoms with Crippen molar-refractivity contribution < 1.29 is 4.79 Å². The molecule has 3 rings (SSSR count). The van der Waals surface area contributed by atoms with Gasteiger partial charge in [0.1, 0.15) is 0 Å². The lowest BCUT2D eigenvalue weighted by Gasteiger charge is -2.08. The van der Waals surface area contributed by atoms with Crippen LogP contribution in [0.2, 0.25) is 5.02 Å². The highest BCUT2D eigenvalue weighted by molar-refractivity contribution is 9.10. The van der Waals surface area contributed by atoms with Crippen molar-refractivity contribution in [3.8, 4) is 11.3 Å². The van der Waals surface area contributed by atoms with E-state index in [-0.39, 0.29) is 11.0 Å². The first-order valence-corrected chi connectivity index (χ1v) is 9.98. The summed E-state index contributed by atoms with van der Waals surface area (Å²) in [4.78, 5) is 16.8. The Kier molecular flexibility index (Phi) is 6.03. The van der Waals surface area contributed by atoms with Crippen LogP contribution in [0.5, 0.6) is 0 Å². The van der Waals surface area contributed by atoms with Crippen molar-refractivity contribution in [1.82, 2.24) is 10.3 Å². The van der Waals surface area contributed by atoms with E-state index < -0.39 is 0 Å². The minimum atomic E-state index is -0.385. The van der Waals surface area contributed by atoms with Gasteiger partial charge in [0.25, 0.3) is 5.91 Å². The predicted octanol–water partition coefficient (Wildman–Crippen LogP) is 5.66. The summed E-state index contributed by atoms with van der Waals surface area (Å²) in [7, 11) is 0. The molecule has 0 aliphatic rings. The van der Waals surface area contributed by atoms with Gasteiger partial charge in [-0.25, -0.2) is 4.98 Å². The van der Waals surface area contributed by atoms with Crippen molar-refractivity contribution in [3.63, 3.8) is 0 Å². The molecule has 0 spiro atoms. The van der Waals surface area contributed by atoms with E-state index in [0.717, 1.165) is 15.7 Å². The van der Waals surface area contributed by atoms with E-state index >= 15 is 0 Å². The van der Waals surface area contributed by atoms with Gasteiger partial charge in [-0.2, -0.15) is 0 Å². The largest absolute Gasteiger partial charge is 0.308 e. The molecule has 0 saturated carbocycles. The van der Waals surface area contributed by atoms with Crippen LogP contribution in [0.1, 0.15) is 15.9 Å². The summed E-state index contributed by atoms with van der Waals surface area (Å²) in [5.74, 6) is -0.385. The van der Waals surface area contributed by atoms with Gasteiger partial charge in [0.05, 0.1) is 16.3 Å². The van der Waals surface area contributed by atoms with Crippen LogP contribution in [0.15, 0.2) is 52.3 Å². The first kappa shape index (κ1) is 19.0. The van der Waals surface area contributed by atoms with Crippen molar-refractivity contribution in [2.24, 2.45) is 0 Å². The minimum Gasteiger partial charge on any atom is -0.308 e. The number of halogens is 2. The molecule has 1 aromatic heterocycles. The lowest BCUT2D eigenvalue weighted by atomic mass is 10.1. The van der Waals surface area contributed by atoms with Gasteiger partial charge in [-0.3, -0.25) is 10.1 Å². The van der Waals surface area contributed by atoms with Gasteiger partial charge in [0.15, 0.2) is 10.2 Å². The molecule has 1 amide bonds. The van der Waals surface area contributed by atoms with Crippen molar-refractivity contribution in [1.29, 1.82) is 0 Å².